The second-order valence-electron chi connectivity index (χ2n) is 5.23. The van der Waals surface area contributed by atoms with Gasteiger partial charge in [-0.05, 0) is 29.3 Å². The van der Waals surface area contributed by atoms with Crippen LogP contribution in [0.2, 0.25) is 0 Å². The Labute approximate surface area is 132 Å². The van der Waals surface area contributed by atoms with E-state index in [1.165, 1.54) is 16.8 Å². The SMILES string of the molecule is C(=C(/Cc1ccccc1)Nc1ccccc1)/c1ccccc1. The van der Waals surface area contributed by atoms with E-state index >= 15 is 0 Å². The maximum atomic E-state index is 3.54. The zero-order valence-electron chi connectivity index (χ0n) is 12.4. The normalized spacial score (nSPS) is 11.2. The molecule has 0 unspecified atom stereocenters. The molecule has 0 aliphatic rings. The van der Waals surface area contributed by atoms with Crippen LogP contribution in [0.25, 0.3) is 6.08 Å². The largest absolute Gasteiger partial charge is 0.359 e. The first-order valence-electron chi connectivity index (χ1n) is 7.52. The molecule has 0 amide bonds. The van der Waals surface area contributed by atoms with Gasteiger partial charge in [-0.25, -0.2) is 0 Å². The van der Waals surface area contributed by atoms with Gasteiger partial charge in [0.2, 0.25) is 0 Å². The van der Waals surface area contributed by atoms with Crippen molar-refractivity contribution >= 4 is 11.8 Å². The third kappa shape index (κ3) is 4.10. The number of benzene rings is 3. The fourth-order valence-corrected chi connectivity index (χ4v) is 2.40. The fraction of sp³-hybridized carbons (Fsp3) is 0.0476. The molecular formula is C21H19N. The molecule has 1 N–H and O–H groups in total. The zero-order chi connectivity index (χ0) is 15.0. The molecule has 0 heterocycles. The summed E-state index contributed by atoms with van der Waals surface area (Å²) in [5.41, 5.74) is 4.80. The molecule has 0 spiro atoms. The van der Waals surface area contributed by atoms with Crippen LogP contribution < -0.4 is 5.32 Å². The highest BCUT2D eigenvalue weighted by Gasteiger charge is 2.01. The lowest BCUT2D eigenvalue weighted by atomic mass is 10.1. The monoisotopic (exact) mass is 285 g/mol. The lowest BCUT2D eigenvalue weighted by Crippen LogP contribution is -2.03. The quantitative estimate of drug-likeness (QED) is 0.663. The van der Waals surface area contributed by atoms with Crippen molar-refractivity contribution in [2.45, 2.75) is 6.42 Å². The van der Waals surface area contributed by atoms with E-state index in [0.29, 0.717) is 0 Å². The molecule has 1 heteroatoms. The van der Waals surface area contributed by atoms with Crippen LogP contribution in [0.4, 0.5) is 5.69 Å². The van der Waals surface area contributed by atoms with Gasteiger partial charge in [0, 0.05) is 17.8 Å². The number of nitrogens with one attached hydrogen (secondary N) is 1. The molecule has 3 aromatic carbocycles. The van der Waals surface area contributed by atoms with Crippen molar-refractivity contribution in [3.8, 4) is 0 Å². The van der Waals surface area contributed by atoms with Crippen molar-refractivity contribution in [3.63, 3.8) is 0 Å². The minimum atomic E-state index is 0.880. The molecule has 3 aromatic rings. The smallest absolute Gasteiger partial charge is 0.0381 e. The van der Waals surface area contributed by atoms with E-state index in [-0.39, 0.29) is 0 Å². The van der Waals surface area contributed by atoms with Gasteiger partial charge >= 0.3 is 0 Å². The van der Waals surface area contributed by atoms with E-state index < -0.39 is 0 Å². The summed E-state index contributed by atoms with van der Waals surface area (Å²) >= 11 is 0. The second kappa shape index (κ2) is 7.28. The summed E-state index contributed by atoms with van der Waals surface area (Å²) in [5, 5.41) is 3.54. The summed E-state index contributed by atoms with van der Waals surface area (Å²) in [6, 6.07) is 31.2. The average molecular weight is 285 g/mol. The molecule has 0 radical (unpaired) electrons. The van der Waals surface area contributed by atoms with E-state index in [2.05, 4.69) is 78.1 Å². The van der Waals surface area contributed by atoms with Crippen molar-refractivity contribution in [1.29, 1.82) is 0 Å². The number of rotatable bonds is 5. The number of anilines is 1. The maximum absolute atomic E-state index is 3.54. The lowest BCUT2D eigenvalue weighted by Gasteiger charge is -2.12. The Morgan fingerprint density at radius 3 is 1.86 bits per heavy atom. The Morgan fingerprint density at radius 1 is 0.682 bits per heavy atom. The number of allylic oxidation sites excluding steroid dienone is 1. The second-order valence-corrected chi connectivity index (χ2v) is 5.23. The van der Waals surface area contributed by atoms with Crippen LogP contribution in [0, 0.1) is 0 Å². The van der Waals surface area contributed by atoms with E-state index in [9.17, 15) is 0 Å². The first kappa shape index (κ1) is 14.2. The summed E-state index contributed by atoms with van der Waals surface area (Å²) in [4.78, 5) is 0. The van der Waals surface area contributed by atoms with Crippen molar-refractivity contribution in [3.05, 3.63) is 108 Å². The first-order valence-corrected chi connectivity index (χ1v) is 7.52. The molecule has 0 saturated carbocycles. The maximum Gasteiger partial charge on any atom is 0.0381 e. The Hall–Kier alpha value is -2.80. The highest BCUT2D eigenvalue weighted by atomic mass is 14.9. The summed E-state index contributed by atoms with van der Waals surface area (Å²) < 4.78 is 0. The Morgan fingerprint density at radius 2 is 1.23 bits per heavy atom. The van der Waals surface area contributed by atoms with Crippen LogP contribution in [0.1, 0.15) is 11.1 Å². The van der Waals surface area contributed by atoms with Crippen molar-refractivity contribution in [1.82, 2.24) is 0 Å². The molecule has 0 aliphatic carbocycles. The predicted molar refractivity (Wildman–Crippen MR) is 94.6 cm³/mol. The molecule has 22 heavy (non-hydrogen) atoms. The molecule has 0 fully saturated rings. The fourth-order valence-electron chi connectivity index (χ4n) is 2.40. The molecule has 0 aromatic heterocycles. The topological polar surface area (TPSA) is 12.0 Å². The summed E-state index contributed by atoms with van der Waals surface area (Å²) in [6.45, 7) is 0. The number of hydrogen-bond acceptors (Lipinski definition) is 1. The minimum absolute atomic E-state index is 0.880. The van der Waals surface area contributed by atoms with Gasteiger partial charge in [0.25, 0.3) is 0 Å². The van der Waals surface area contributed by atoms with E-state index in [1.807, 2.05) is 24.3 Å². The van der Waals surface area contributed by atoms with Crippen LogP contribution in [0.5, 0.6) is 0 Å². The van der Waals surface area contributed by atoms with Crippen LogP contribution in [-0.2, 0) is 6.42 Å². The molecular weight excluding hydrogens is 266 g/mol. The van der Waals surface area contributed by atoms with E-state index in [1.54, 1.807) is 0 Å². The van der Waals surface area contributed by atoms with Crippen molar-refractivity contribution in [2.24, 2.45) is 0 Å². The van der Waals surface area contributed by atoms with Crippen LogP contribution in [-0.4, -0.2) is 0 Å². The molecule has 3 rings (SSSR count). The van der Waals surface area contributed by atoms with Gasteiger partial charge in [-0.1, -0.05) is 78.9 Å². The number of hydrogen-bond donors (Lipinski definition) is 1. The molecule has 108 valence electrons. The van der Waals surface area contributed by atoms with E-state index in [4.69, 9.17) is 0 Å². The van der Waals surface area contributed by atoms with Gasteiger partial charge in [0.05, 0.1) is 0 Å². The van der Waals surface area contributed by atoms with Crippen molar-refractivity contribution in [2.75, 3.05) is 5.32 Å². The third-order valence-electron chi connectivity index (χ3n) is 3.46. The highest BCUT2D eigenvalue weighted by Crippen LogP contribution is 2.16. The lowest BCUT2D eigenvalue weighted by molar-refractivity contribution is 1.16. The Bertz CT molecular complexity index is 672. The van der Waals surface area contributed by atoms with Gasteiger partial charge in [0.1, 0.15) is 0 Å². The van der Waals surface area contributed by atoms with Gasteiger partial charge in [0.15, 0.2) is 0 Å². The summed E-state index contributed by atoms with van der Waals surface area (Å²) in [5.74, 6) is 0. The Kier molecular flexibility index (Phi) is 4.68. The predicted octanol–water partition coefficient (Wildman–Crippen LogP) is 5.38. The van der Waals surface area contributed by atoms with Crippen LogP contribution in [0.15, 0.2) is 96.7 Å². The molecule has 0 atom stereocenters. The van der Waals surface area contributed by atoms with Crippen LogP contribution >= 0.6 is 0 Å². The van der Waals surface area contributed by atoms with Gasteiger partial charge in [-0.3, -0.25) is 0 Å². The summed E-state index contributed by atoms with van der Waals surface area (Å²) in [7, 11) is 0. The summed E-state index contributed by atoms with van der Waals surface area (Å²) in [6.07, 6.45) is 3.09. The number of para-hydroxylation sites is 1. The minimum Gasteiger partial charge on any atom is -0.359 e. The van der Waals surface area contributed by atoms with Gasteiger partial charge in [-0.15, -0.1) is 0 Å². The van der Waals surface area contributed by atoms with Gasteiger partial charge < -0.3 is 5.32 Å². The first-order chi connectivity index (χ1) is 10.9. The molecule has 0 bridgehead atoms. The Balaban J connectivity index is 1.86. The van der Waals surface area contributed by atoms with Crippen LogP contribution in [0.3, 0.4) is 0 Å². The molecule has 1 nitrogen and oxygen atoms in total. The third-order valence-corrected chi connectivity index (χ3v) is 3.46. The molecule has 0 aliphatic heterocycles. The standard InChI is InChI=1S/C21H19N/c1-4-10-18(11-5-1)16-21(17-19-12-6-2-7-13-19)22-20-14-8-3-9-15-20/h1-16,22H,17H2/b21-16+. The molecule has 0 saturated heterocycles. The highest BCUT2D eigenvalue weighted by molar-refractivity contribution is 5.60. The van der Waals surface area contributed by atoms with Crippen molar-refractivity contribution < 1.29 is 0 Å². The van der Waals surface area contributed by atoms with Gasteiger partial charge in [-0.2, -0.15) is 0 Å². The zero-order valence-corrected chi connectivity index (χ0v) is 12.4. The average Bonchev–Trinajstić information content (AvgIpc) is 2.57. The van der Waals surface area contributed by atoms with E-state index in [0.717, 1.165) is 12.1 Å².